The predicted molar refractivity (Wildman–Crippen MR) is 48.6 cm³/mol. The van der Waals surface area contributed by atoms with Crippen LogP contribution in [0.1, 0.15) is 26.0 Å². The maximum absolute atomic E-state index is 9.91. The minimum Gasteiger partial charge on any atom is -0.384 e. The molecule has 0 spiro atoms. The quantitative estimate of drug-likeness (QED) is 0.836. The lowest BCUT2D eigenvalue weighted by Crippen LogP contribution is -2.23. The first-order chi connectivity index (χ1) is 5.49. The van der Waals surface area contributed by atoms with Crippen LogP contribution in [0.2, 0.25) is 0 Å². The van der Waals surface area contributed by atoms with E-state index in [0.717, 1.165) is 0 Å². The van der Waals surface area contributed by atoms with Gasteiger partial charge in [0.05, 0.1) is 0 Å². The number of hydrogen-bond acceptors (Lipinski definition) is 3. The summed E-state index contributed by atoms with van der Waals surface area (Å²) in [5.41, 5.74) is -0.151. The monoisotopic (exact) mass is 233 g/mol. The van der Waals surface area contributed by atoms with Crippen molar-refractivity contribution >= 4 is 15.9 Å². The lowest BCUT2D eigenvalue weighted by Gasteiger charge is -2.20. The second-order valence-corrected chi connectivity index (χ2v) is 3.73. The Labute approximate surface area is 79.7 Å². The summed E-state index contributed by atoms with van der Waals surface area (Å²) in [7, 11) is 1.76. The minimum absolute atomic E-state index is 0.608. The van der Waals surface area contributed by atoms with Gasteiger partial charge in [0.25, 0.3) is 0 Å². The largest absolute Gasteiger partial charge is 0.384 e. The van der Waals surface area contributed by atoms with Gasteiger partial charge in [0.1, 0.15) is 11.3 Å². The Bertz CT molecular complexity index is 263. The molecule has 4 nitrogen and oxygen atoms in total. The van der Waals surface area contributed by atoms with Gasteiger partial charge < -0.3 is 5.11 Å². The molecule has 0 aliphatic rings. The van der Waals surface area contributed by atoms with E-state index in [-0.39, 0.29) is 0 Å². The maximum atomic E-state index is 9.91. The van der Waals surface area contributed by atoms with E-state index in [0.29, 0.717) is 16.7 Å². The summed E-state index contributed by atoms with van der Waals surface area (Å²) in [5, 5.41) is 17.5. The molecule has 1 aromatic rings. The van der Waals surface area contributed by atoms with Crippen LogP contribution < -0.4 is 0 Å². The van der Waals surface area contributed by atoms with Gasteiger partial charge in [-0.25, -0.2) is 4.68 Å². The zero-order valence-corrected chi connectivity index (χ0v) is 8.96. The third kappa shape index (κ3) is 1.51. The molecule has 0 bridgehead atoms. The van der Waals surface area contributed by atoms with Crippen molar-refractivity contribution in [1.82, 2.24) is 15.0 Å². The van der Waals surface area contributed by atoms with Crippen LogP contribution >= 0.6 is 15.9 Å². The molecule has 1 heterocycles. The van der Waals surface area contributed by atoms with Gasteiger partial charge in [-0.1, -0.05) is 12.1 Å². The summed E-state index contributed by atoms with van der Waals surface area (Å²) >= 11 is 3.24. The van der Waals surface area contributed by atoms with Crippen molar-refractivity contribution < 1.29 is 5.11 Å². The van der Waals surface area contributed by atoms with E-state index in [1.54, 1.807) is 18.7 Å². The molecule has 68 valence electrons. The van der Waals surface area contributed by atoms with Gasteiger partial charge in [0, 0.05) is 7.05 Å². The van der Waals surface area contributed by atoms with Gasteiger partial charge in [-0.3, -0.25) is 0 Å². The van der Waals surface area contributed by atoms with E-state index in [1.807, 2.05) is 6.92 Å². The molecular formula is C7H12BrN3O. The average Bonchev–Trinajstić information content (AvgIpc) is 2.31. The lowest BCUT2D eigenvalue weighted by atomic mass is 10.0. The number of nitrogens with zero attached hydrogens (tertiary/aromatic N) is 3. The van der Waals surface area contributed by atoms with Crippen molar-refractivity contribution in [1.29, 1.82) is 0 Å². The molecule has 0 fully saturated rings. The molecule has 0 saturated carbocycles. The first-order valence-electron chi connectivity index (χ1n) is 3.77. The van der Waals surface area contributed by atoms with E-state index >= 15 is 0 Å². The highest BCUT2D eigenvalue weighted by Gasteiger charge is 2.28. The molecule has 12 heavy (non-hydrogen) atoms. The van der Waals surface area contributed by atoms with E-state index in [4.69, 9.17) is 0 Å². The molecule has 0 amide bonds. The molecule has 0 aliphatic heterocycles. The minimum atomic E-state index is -0.864. The first kappa shape index (κ1) is 9.67. The SMILES string of the molecule is CCC(C)(O)c1c(Br)nnn1C. The fourth-order valence-electron chi connectivity index (χ4n) is 1.07. The molecule has 5 heteroatoms. The summed E-state index contributed by atoms with van der Waals surface area (Å²) in [6.45, 7) is 3.66. The van der Waals surface area contributed by atoms with E-state index in [1.165, 1.54) is 0 Å². The molecular weight excluding hydrogens is 222 g/mol. The van der Waals surface area contributed by atoms with Crippen LogP contribution in [0.3, 0.4) is 0 Å². The summed E-state index contributed by atoms with van der Waals surface area (Å²) < 4.78 is 2.19. The van der Waals surface area contributed by atoms with Crippen molar-refractivity contribution in [2.45, 2.75) is 25.9 Å². The van der Waals surface area contributed by atoms with Crippen LogP contribution in [0.4, 0.5) is 0 Å². The standard InChI is InChI=1S/C7H12BrN3O/c1-4-7(2,12)5-6(8)9-10-11(5)3/h12H,4H2,1-3H3. The summed E-state index contributed by atoms with van der Waals surface area (Å²) in [6.07, 6.45) is 0.632. The molecule has 1 rings (SSSR count). The second kappa shape index (κ2) is 3.14. The highest BCUT2D eigenvalue weighted by molar-refractivity contribution is 9.10. The van der Waals surface area contributed by atoms with Crippen LogP contribution in [-0.4, -0.2) is 20.1 Å². The van der Waals surface area contributed by atoms with E-state index in [9.17, 15) is 5.11 Å². The molecule has 0 aromatic carbocycles. The third-order valence-corrected chi connectivity index (χ3v) is 2.52. The molecule has 1 aromatic heterocycles. The van der Waals surface area contributed by atoms with Gasteiger partial charge >= 0.3 is 0 Å². The van der Waals surface area contributed by atoms with Crippen LogP contribution in [0, 0.1) is 0 Å². The maximum Gasteiger partial charge on any atom is 0.154 e. The smallest absolute Gasteiger partial charge is 0.154 e. The molecule has 1 N–H and O–H groups in total. The molecule has 1 atom stereocenters. The Balaban J connectivity index is 3.17. The Morgan fingerprint density at radius 2 is 2.25 bits per heavy atom. The molecule has 1 unspecified atom stereocenters. The number of rotatable bonds is 2. The Morgan fingerprint density at radius 1 is 1.67 bits per heavy atom. The Morgan fingerprint density at radius 3 is 2.58 bits per heavy atom. The van der Waals surface area contributed by atoms with Crippen molar-refractivity contribution in [2.75, 3.05) is 0 Å². The fraction of sp³-hybridized carbons (Fsp3) is 0.714. The van der Waals surface area contributed by atoms with Crippen molar-refractivity contribution in [3.05, 3.63) is 10.3 Å². The summed E-state index contributed by atoms with van der Waals surface area (Å²) in [4.78, 5) is 0. The van der Waals surface area contributed by atoms with Gasteiger partial charge in [-0.2, -0.15) is 0 Å². The van der Waals surface area contributed by atoms with Gasteiger partial charge in [0.15, 0.2) is 4.60 Å². The molecule has 0 radical (unpaired) electrons. The summed E-state index contributed by atoms with van der Waals surface area (Å²) in [6, 6.07) is 0. The molecule has 0 aliphatic carbocycles. The lowest BCUT2D eigenvalue weighted by molar-refractivity contribution is 0.0438. The Hall–Kier alpha value is -0.420. The van der Waals surface area contributed by atoms with E-state index in [2.05, 4.69) is 26.2 Å². The number of aryl methyl sites for hydroxylation is 1. The highest BCUT2D eigenvalue weighted by Crippen LogP contribution is 2.28. The van der Waals surface area contributed by atoms with E-state index < -0.39 is 5.60 Å². The van der Waals surface area contributed by atoms with Gasteiger partial charge in [-0.15, -0.1) is 5.10 Å². The van der Waals surface area contributed by atoms with Crippen LogP contribution in [0.25, 0.3) is 0 Å². The second-order valence-electron chi connectivity index (χ2n) is 2.98. The van der Waals surface area contributed by atoms with Crippen LogP contribution in [0.15, 0.2) is 4.60 Å². The topological polar surface area (TPSA) is 50.9 Å². The number of hydrogen-bond donors (Lipinski definition) is 1. The molecule has 0 saturated heterocycles. The van der Waals surface area contributed by atoms with Crippen LogP contribution in [-0.2, 0) is 12.6 Å². The summed E-state index contributed by atoms with van der Waals surface area (Å²) in [5.74, 6) is 0. The predicted octanol–water partition coefficient (Wildman–Crippen LogP) is 1.20. The van der Waals surface area contributed by atoms with Crippen LogP contribution in [0.5, 0.6) is 0 Å². The zero-order chi connectivity index (χ0) is 9.35. The number of halogens is 1. The van der Waals surface area contributed by atoms with Gasteiger partial charge in [0.2, 0.25) is 0 Å². The van der Waals surface area contributed by atoms with Crippen molar-refractivity contribution in [2.24, 2.45) is 7.05 Å². The normalized spacial score (nSPS) is 16.1. The van der Waals surface area contributed by atoms with Gasteiger partial charge in [-0.05, 0) is 29.3 Å². The van der Waals surface area contributed by atoms with Crippen molar-refractivity contribution in [3.63, 3.8) is 0 Å². The average molecular weight is 234 g/mol. The zero-order valence-electron chi connectivity index (χ0n) is 7.37. The number of aliphatic hydroxyl groups is 1. The first-order valence-corrected chi connectivity index (χ1v) is 4.56. The number of aromatic nitrogens is 3. The van der Waals surface area contributed by atoms with Crippen molar-refractivity contribution in [3.8, 4) is 0 Å². The highest BCUT2D eigenvalue weighted by atomic mass is 79.9. The Kier molecular flexibility index (Phi) is 2.53. The fourth-order valence-corrected chi connectivity index (χ4v) is 1.82. The third-order valence-electron chi connectivity index (χ3n) is 1.98.